The van der Waals surface area contributed by atoms with Gasteiger partial charge in [-0.05, 0) is 45.4 Å². The van der Waals surface area contributed by atoms with Crippen LogP contribution < -0.4 is 5.32 Å². The predicted octanol–water partition coefficient (Wildman–Crippen LogP) is 5.28. The zero-order valence-electron chi connectivity index (χ0n) is 12.3. The first kappa shape index (κ1) is 15.5. The zero-order chi connectivity index (χ0) is 14.8. The van der Waals surface area contributed by atoms with Crippen molar-refractivity contribution in [3.63, 3.8) is 0 Å². The highest BCUT2D eigenvalue weighted by molar-refractivity contribution is 7.99. The molecule has 108 valence electrons. The van der Waals surface area contributed by atoms with Gasteiger partial charge in [-0.1, -0.05) is 35.5 Å². The average molecular weight is 310 g/mol. The van der Waals surface area contributed by atoms with Gasteiger partial charge in [0, 0.05) is 17.0 Å². The van der Waals surface area contributed by atoms with Gasteiger partial charge in [-0.2, -0.15) is 0 Å². The maximum absolute atomic E-state index is 6.37. The molecule has 0 saturated carbocycles. The van der Waals surface area contributed by atoms with E-state index < -0.39 is 0 Å². The number of hydrogen-bond acceptors (Lipinski definition) is 3. The van der Waals surface area contributed by atoms with E-state index in [0.717, 1.165) is 27.1 Å². The molecule has 1 heterocycles. The first-order valence-electron chi connectivity index (χ1n) is 6.61. The molecule has 0 aliphatic carbocycles. The van der Waals surface area contributed by atoms with Crippen molar-refractivity contribution in [1.29, 1.82) is 0 Å². The Kier molecular flexibility index (Phi) is 4.84. The molecule has 1 N–H and O–H groups in total. The number of aryl methyl sites for hydroxylation is 1. The summed E-state index contributed by atoms with van der Waals surface area (Å²) in [7, 11) is 0. The molecule has 0 radical (unpaired) electrons. The largest absolute Gasteiger partial charge is 0.468 e. The van der Waals surface area contributed by atoms with E-state index in [9.17, 15) is 0 Å². The minimum absolute atomic E-state index is 0.0792. The van der Waals surface area contributed by atoms with Crippen LogP contribution in [0.1, 0.15) is 32.1 Å². The van der Waals surface area contributed by atoms with Gasteiger partial charge in [-0.3, -0.25) is 0 Å². The molecule has 0 unspecified atom stereocenters. The van der Waals surface area contributed by atoms with Crippen molar-refractivity contribution in [3.05, 3.63) is 46.9 Å². The van der Waals surface area contributed by atoms with Crippen LogP contribution >= 0.6 is 23.4 Å². The fraction of sp³-hybridized carbons (Fsp3) is 0.375. The summed E-state index contributed by atoms with van der Waals surface area (Å²) in [6.07, 6.45) is 1.71. The summed E-state index contributed by atoms with van der Waals surface area (Å²) in [6.45, 7) is 9.23. The van der Waals surface area contributed by atoms with Crippen molar-refractivity contribution in [2.45, 2.75) is 49.6 Å². The minimum Gasteiger partial charge on any atom is -0.468 e. The molecule has 1 aromatic carbocycles. The first-order valence-corrected chi connectivity index (χ1v) is 7.80. The lowest BCUT2D eigenvalue weighted by Gasteiger charge is -2.22. The summed E-state index contributed by atoms with van der Waals surface area (Å²) < 4.78 is 5.35. The van der Waals surface area contributed by atoms with Crippen LogP contribution in [0, 0.1) is 6.92 Å². The Hall–Kier alpha value is -0.900. The van der Waals surface area contributed by atoms with Gasteiger partial charge in [0.05, 0.1) is 16.2 Å². The van der Waals surface area contributed by atoms with Gasteiger partial charge in [0.1, 0.15) is 5.76 Å². The van der Waals surface area contributed by atoms with Gasteiger partial charge in [-0.25, -0.2) is 0 Å². The second-order valence-electron chi connectivity index (χ2n) is 5.77. The number of benzene rings is 1. The fourth-order valence-electron chi connectivity index (χ4n) is 1.76. The summed E-state index contributed by atoms with van der Waals surface area (Å²) in [5.41, 5.74) is 1.29. The SMILES string of the molecule is Cc1occc1Sc1c(Cl)cccc1CNC(C)(C)C. The molecule has 20 heavy (non-hydrogen) atoms. The summed E-state index contributed by atoms with van der Waals surface area (Å²) in [6, 6.07) is 8.01. The van der Waals surface area contributed by atoms with Crippen molar-refractivity contribution in [2.75, 3.05) is 0 Å². The lowest BCUT2D eigenvalue weighted by molar-refractivity contribution is 0.422. The zero-order valence-corrected chi connectivity index (χ0v) is 13.9. The van der Waals surface area contributed by atoms with E-state index in [1.54, 1.807) is 18.0 Å². The second kappa shape index (κ2) is 6.25. The topological polar surface area (TPSA) is 25.2 Å². The Bertz CT molecular complexity index is 586. The predicted molar refractivity (Wildman–Crippen MR) is 85.6 cm³/mol. The van der Waals surface area contributed by atoms with E-state index >= 15 is 0 Å². The minimum atomic E-state index is 0.0792. The van der Waals surface area contributed by atoms with E-state index in [4.69, 9.17) is 16.0 Å². The number of rotatable bonds is 4. The van der Waals surface area contributed by atoms with Crippen LogP contribution in [-0.4, -0.2) is 5.54 Å². The van der Waals surface area contributed by atoms with Gasteiger partial charge in [0.25, 0.3) is 0 Å². The number of furan rings is 1. The molecule has 2 nitrogen and oxygen atoms in total. The lowest BCUT2D eigenvalue weighted by atomic mass is 10.1. The summed E-state index contributed by atoms with van der Waals surface area (Å²) in [4.78, 5) is 2.20. The van der Waals surface area contributed by atoms with E-state index in [1.165, 1.54) is 5.56 Å². The normalized spacial score (nSPS) is 11.8. The molecule has 0 atom stereocenters. The molecular weight excluding hydrogens is 290 g/mol. The van der Waals surface area contributed by atoms with Crippen LogP contribution in [0.15, 0.2) is 44.7 Å². The maximum atomic E-state index is 6.37. The second-order valence-corrected chi connectivity index (χ2v) is 7.23. The smallest absolute Gasteiger partial charge is 0.114 e. The summed E-state index contributed by atoms with van der Waals surface area (Å²) >= 11 is 8.03. The van der Waals surface area contributed by atoms with Crippen molar-refractivity contribution in [3.8, 4) is 0 Å². The van der Waals surface area contributed by atoms with Gasteiger partial charge < -0.3 is 9.73 Å². The van der Waals surface area contributed by atoms with Crippen LogP contribution in [0.5, 0.6) is 0 Å². The third-order valence-electron chi connectivity index (χ3n) is 2.88. The molecule has 0 fully saturated rings. The Labute approximate surface area is 129 Å². The van der Waals surface area contributed by atoms with Gasteiger partial charge in [-0.15, -0.1) is 0 Å². The summed E-state index contributed by atoms with van der Waals surface area (Å²) in [5.74, 6) is 0.921. The molecule has 0 amide bonds. The van der Waals surface area contributed by atoms with Crippen molar-refractivity contribution in [1.82, 2.24) is 5.32 Å². The number of halogens is 1. The van der Waals surface area contributed by atoms with Crippen LogP contribution in [0.25, 0.3) is 0 Å². The molecular formula is C16H20ClNOS. The molecule has 2 rings (SSSR count). The lowest BCUT2D eigenvalue weighted by Crippen LogP contribution is -2.35. The Morgan fingerprint density at radius 1 is 1.25 bits per heavy atom. The molecule has 0 aliphatic rings. The first-order chi connectivity index (χ1) is 9.37. The van der Waals surface area contributed by atoms with Crippen LogP contribution in [0.3, 0.4) is 0 Å². The van der Waals surface area contributed by atoms with E-state index in [-0.39, 0.29) is 5.54 Å². The van der Waals surface area contributed by atoms with Gasteiger partial charge in [0.2, 0.25) is 0 Å². The highest BCUT2D eigenvalue weighted by atomic mass is 35.5. The molecule has 2 aromatic rings. The standard InChI is InChI=1S/C16H20ClNOS/c1-11-14(8-9-19-11)20-15-12(6-5-7-13(15)17)10-18-16(2,3)4/h5-9,18H,10H2,1-4H3. The number of nitrogens with one attached hydrogen (secondary N) is 1. The fourth-order valence-corrected chi connectivity index (χ4v) is 3.04. The van der Waals surface area contributed by atoms with E-state index in [0.29, 0.717) is 0 Å². The monoisotopic (exact) mass is 309 g/mol. The molecule has 0 saturated heterocycles. The van der Waals surface area contributed by atoms with Crippen molar-refractivity contribution >= 4 is 23.4 Å². The van der Waals surface area contributed by atoms with Gasteiger partial charge >= 0.3 is 0 Å². The average Bonchev–Trinajstić information content (AvgIpc) is 2.75. The van der Waals surface area contributed by atoms with E-state index in [1.807, 2.05) is 25.1 Å². The van der Waals surface area contributed by atoms with Gasteiger partial charge in [0.15, 0.2) is 0 Å². The highest BCUT2D eigenvalue weighted by Crippen LogP contribution is 2.38. The number of hydrogen-bond donors (Lipinski definition) is 1. The third-order valence-corrected chi connectivity index (χ3v) is 4.64. The molecule has 0 bridgehead atoms. The maximum Gasteiger partial charge on any atom is 0.114 e. The van der Waals surface area contributed by atoms with Crippen LogP contribution in [0.2, 0.25) is 5.02 Å². The van der Waals surface area contributed by atoms with Crippen molar-refractivity contribution < 1.29 is 4.42 Å². The molecule has 4 heteroatoms. The summed E-state index contributed by atoms with van der Waals surface area (Å²) in [5, 5.41) is 4.29. The van der Waals surface area contributed by atoms with Crippen LogP contribution in [0.4, 0.5) is 0 Å². The Morgan fingerprint density at radius 3 is 2.60 bits per heavy atom. The highest BCUT2D eigenvalue weighted by Gasteiger charge is 2.14. The van der Waals surface area contributed by atoms with E-state index in [2.05, 4.69) is 32.2 Å². The van der Waals surface area contributed by atoms with Crippen molar-refractivity contribution in [2.24, 2.45) is 0 Å². The quantitative estimate of drug-likeness (QED) is 0.831. The molecule has 0 aliphatic heterocycles. The Morgan fingerprint density at radius 2 is 2.00 bits per heavy atom. The Balaban J connectivity index is 2.25. The third kappa shape index (κ3) is 4.05. The molecule has 1 aromatic heterocycles. The van der Waals surface area contributed by atoms with Crippen LogP contribution in [-0.2, 0) is 6.54 Å². The molecule has 0 spiro atoms.